The molecule has 2 unspecified atom stereocenters. The molecule has 0 aliphatic rings. The van der Waals surface area contributed by atoms with E-state index < -0.39 is 26.6 Å². The van der Waals surface area contributed by atoms with E-state index in [1.807, 2.05) is 0 Å². The minimum Gasteiger partial charge on any atom is -0.260 e. The lowest BCUT2D eigenvalue weighted by Crippen LogP contribution is -2.27. The van der Waals surface area contributed by atoms with E-state index in [1.165, 1.54) is 12.1 Å². The van der Waals surface area contributed by atoms with Crippen LogP contribution in [0.15, 0.2) is 29.2 Å². The molecule has 0 aromatic heterocycles. The van der Waals surface area contributed by atoms with E-state index >= 15 is 0 Å². The van der Waals surface area contributed by atoms with E-state index in [0.717, 1.165) is 12.1 Å². The van der Waals surface area contributed by atoms with Crippen LogP contribution in [0.5, 0.6) is 0 Å². The molecule has 1 N–H and O–H groups in total. The van der Waals surface area contributed by atoms with Crippen molar-refractivity contribution in [3.05, 3.63) is 30.1 Å². The van der Waals surface area contributed by atoms with Crippen molar-refractivity contribution >= 4 is 20.8 Å². The number of halogens is 1. The number of hydrogen-bond acceptors (Lipinski definition) is 3. The van der Waals surface area contributed by atoms with Crippen molar-refractivity contribution < 1.29 is 17.0 Å². The Hall–Kier alpha value is -0.790. The van der Waals surface area contributed by atoms with Crippen LogP contribution in [0.3, 0.4) is 0 Å². The molecular weight excluding hydrogens is 277 g/mol. The van der Waals surface area contributed by atoms with Gasteiger partial charge in [-0.3, -0.25) is 4.21 Å². The first kappa shape index (κ1) is 15.3. The molecule has 0 spiro atoms. The van der Waals surface area contributed by atoms with Crippen molar-refractivity contribution in [2.75, 3.05) is 12.8 Å². The van der Waals surface area contributed by atoms with Gasteiger partial charge in [0, 0.05) is 28.9 Å². The quantitative estimate of drug-likeness (QED) is 0.859. The summed E-state index contributed by atoms with van der Waals surface area (Å²) in [5, 5.41) is -0.0686. The van der Waals surface area contributed by atoms with E-state index in [9.17, 15) is 17.0 Å². The fourth-order valence-corrected chi connectivity index (χ4v) is 2.76. The molecule has 0 radical (unpaired) electrons. The highest BCUT2D eigenvalue weighted by atomic mass is 32.2. The van der Waals surface area contributed by atoms with Crippen LogP contribution >= 0.6 is 0 Å². The number of rotatable bonds is 6. The predicted molar refractivity (Wildman–Crippen MR) is 69.7 cm³/mol. The highest BCUT2D eigenvalue weighted by Gasteiger charge is 2.14. The zero-order valence-electron chi connectivity index (χ0n) is 10.2. The lowest BCUT2D eigenvalue weighted by molar-refractivity contribution is 0.577. The van der Waals surface area contributed by atoms with Crippen LogP contribution in [0.4, 0.5) is 4.39 Å². The summed E-state index contributed by atoms with van der Waals surface area (Å²) in [6.45, 7) is 2.00. The average Bonchev–Trinajstić information content (AvgIpc) is 2.29. The molecule has 0 bridgehead atoms. The highest BCUT2D eigenvalue weighted by molar-refractivity contribution is 7.89. The highest BCUT2D eigenvalue weighted by Crippen LogP contribution is 2.09. The van der Waals surface area contributed by atoms with Crippen molar-refractivity contribution in [2.45, 2.75) is 23.5 Å². The van der Waals surface area contributed by atoms with Gasteiger partial charge in [0.25, 0.3) is 0 Å². The fraction of sp³-hybridized carbons (Fsp3) is 0.455. The van der Waals surface area contributed by atoms with Gasteiger partial charge in [-0.1, -0.05) is 6.92 Å². The molecule has 1 rings (SSSR count). The number of hydrogen-bond donors (Lipinski definition) is 1. The Morgan fingerprint density at radius 2 is 1.89 bits per heavy atom. The summed E-state index contributed by atoms with van der Waals surface area (Å²) < 4.78 is 49.7. The Balaban J connectivity index is 2.60. The minimum absolute atomic E-state index is 0.0224. The van der Waals surface area contributed by atoms with Gasteiger partial charge in [0.1, 0.15) is 5.82 Å². The van der Waals surface area contributed by atoms with E-state index in [-0.39, 0.29) is 16.7 Å². The van der Waals surface area contributed by atoms with Gasteiger partial charge < -0.3 is 0 Å². The zero-order chi connectivity index (χ0) is 13.8. The maximum absolute atomic E-state index is 12.7. The zero-order valence-corrected chi connectivity index (χ0v) is 11.9. The second-order valence-corrected chi connectivity index (χ2v) is 7.52. The summed E-state index contributed by atoms with van der Waals surface area (Å²) >= 11 is 0. The molecule has 1 aromatic rings. The summed E-state index contributed by atoms with van der Waals surface area (Å²) in [5.41, 5.74) is 0. The molecule has 0 fully saturated rings. The third-order valence-corrected chi connectivity index (χ3v) is 5.38. The molecular formula is C11H16FNO3S2. The Bertz CT molecular complexity index is 514. The molecule has 0 heterocycles. The first-order valence-electron chi connectivity index (χ1n) is 5.40. The van der Waals surface area contributed by atoms with E-state index in [1.54, 1.807) is 13.2 Å². The third-order valence-electron chi connectivity index (χ3n) is 2.53. The maximum atomic E-state index is 12.7. The fourth-order valence-electron chi connectivity index (χ4n) is 1.26. The van der Waals surface area contributed by atoms with Gasteiger partial charge >= 0.3 is 0 Å². The average molecular weight is 293 g/mol. The van der Waals surface area contributed by atoms with E-state index in [4.69, 9.17) is 0 Å². The lowest BCUT2D eigenvalue weighted by Gasteiger charge is -2.09. The van der Waals surface area contributed by atoms with E-state index in [0.29, 0.717) is 6.42 Å². The molecule has 0 amide bonds. The molecule has 0 saturated carbocycles. The van der Waals surface area contributed by atoms with Crippen LogP contribution in [-0.2, 0) is 20.8 Å². The van der Waals surface area contributed by atoms with Crippen molar-refractivity contribution in [1.82, 2.24) is 4.72 Å². The summed E-state index contributed by atoms with van der Waals surface area (Å²) in [4.78, 5) is 0.0224. The van der Waals surface area contributed by atoms with Crippen LogP contribution in [0, 0.1) is 5.82 Å². The van der Waals surface area contributed by atoms with Crippen LogP contribution in [-0.4, -0.2) is 30.7 Å². The topological polar surface area (TPSA) is 63.2 Å². The second-order valence-electron chi connectivity index (χ2n) is 3.95. The Labute approximate surface area is 109 Å². The summed E-state index contributed by atoms with van der Waals surface area (Å²) in [7, 11) is -4.58. The smallest absolute Gasteiger partial charge is 0.240 e. The van der Waals surface area contributed by atoms with Gasteiger partial charge in [-0.05, 0) is 30.7 Å². The molecule has 1 aromatic carbocycles. The summed E-state index contributed by atoms with van der Waals surface area (Å²) in [5.74, 6) is -0.482. The molecule has 18 heavy (non-hydrogen) atoms. The Kier molecular flexibility index (Phi) is 5.43. The van der Waals surface area contributed by atoms with Gasteiger partial charge in [0.2, 0.25) is 10.0 Å². The largest absolute Gasteiger partial charge is 0.260 e. The number of nitrogens with one attached hydrogen (secondary N) is 1. The maximum Gasteiger partial charge on any atom is 0.240 e. The SMILES string of the molecule is CC(CCNS(=O)(=O)c1ccc(F)cc1)S(C)=O. The molecule has 7 heteroatoms. The van der Waals surface area contributed by atoms with E-state index in [2.05, 4.69) is 4.72 Å². The third kappa shape index (κ3) is 4.47. The number of benzene rings is 1. The lowest BCUT2D eigenvalue weighted by atomic mass is 10.3. The first-order valence-corrected chi connectivity index (χ1v) is 8.51. The standard InChI is InChI=1S/C11H16FNO3S2/c1-9(17(2)14)7-8-13-18(15,16)11-5-3-10(12)4-6-11/h3-6,9,13H,7-8H2,1-2H3. The molecule has 0 aliphatic carbocycles. The molecule has 2 atom stereocenters. The van der Waals surface area contributed by atoms with Crippen molar-refractivity contribution in [3.63, 3.8) is 0 Å². The summed E-state index contributed by atoms with van der Waals surface area (Å²) in [6, 6.07) is 4.61. The van der Waals surface area contributed by atoms with Crippen LogP contribution in [0.2, 0.25) is 0 Å². The van der Waals surface area contributed by atoms with Gasteiger partial charge in [0.05, 0.1) is 4.90 Å². The van der Waals surface area contributed by atoms with Gasteiger partial charge in [0.15, 0.2) is 0 Å². The number of sulfonamides is 1. The Morgan fingerprint density at radius 3 is 2.39 bits per heavy atom. The van der Waals surface area contributed by atoms with Crippen LogP contribution < -0.4 is 4.72 Å². The van der Waals surface area contributed by atoms with Crippen LogP contribution in [0.25, 0.3) is 0 Å². The summed E-state index contributed by atoms with van der Waals surface area (Å²) in [6.07, 6.45) is 2.07. The van der Waals surface area contributed by atoms with Gasteiger partial charge in [-0.15, -0.1) is 0 Å². The molecule has 4 nitrogen and oxygen atoms in total. The molecule has 0 saturated heterocycles. The normalized spacial score (nSPS) is 15.3. The van der Waals surface area contributed by atoms with Gasteiger partial charge in [-0.25, -0.2) is 17.5 Å². The van der Waals surface area contributed by atoms with Crippen molar-refractivity contribution in [2.24, 2.45) is 0 Å². The second kappa shape index (κ2) is 6.40. The predicted octanol–water partition coefficient (Wildman–Crippen LogP) is 1.26. The Morgan fingerprint density at radius 1 is 1.33 bits per heavy atom. The van der Waals surface area contributed by atoms with Crippen molar-refractivity contribution in [3.8, 4) is 0 Å². The van der Waals surface area contributed by atoms with Gasteiger partial charge in [-0.2, -0.15) is 0 Å². The molecule has 102 valence electrons. The molecule has 0 aliphatic heterocycles. The minimum atomic E-state index is -3.61. The van der Waals surface area contributed by atoms with Crippen LogP contribution in [0.1, 0.15) is 13.3 Å². The first-order chi connectivity index (χ1) is 8.33. The monoisotopic (exact) mass is 293 g/mol. The van der Waals surface area contributed by atoms with Crippen molar-refractivity contribution in [1.29, 1.82) is 0 Å².